The molecule has 0 N–H and O–H groups in total. The number of amides is 1. The van der Waals surface area contributed by atoms with E-state index in [2.05, 4.69) is 0 Å². The molecule has 2 aromatic carbocycles. The van der Waals surface area contributed by atoms with Crippen molar-refractivity contribution in [3.8, 4) is 5.75 Å². The van der Waals surface area contributed by atoms with Crippen LogP contribution in [-0.2, 0) is 4.79 Å². The molecular weight excluding hydrogens is 278 g/mol. The molecule has 1 heterocycles. The van der Waals surface area contributed by atoms with Gasteiger partial charge in [-0.2, -0.15) is 0 Å². The molecule has 0 saturated carbocycles. The van der Waals surface area contributed by atoms with Crippen molar-refractivity contribution >= 4 is 17.4 Å². The fourth-order valence-corrected chi connectivity index (χ4v) is 2.50. The maximum absolute atomic E-state index is 12.5. The van der Waals surface area contributed by atoms with Crippen LogP contribution >= 0.6 is 0 Å². The Bertz CT molecular complexity index is 721. The molecule has 3 rings (SSSR count). The van der Waals surface area contributed by atoms with Crippen molar-refractivity contribution in [1.82, 2.24) is 0 Å². The van der Waals surface area contributed by atoms with Crippen molar-refractivity contribution in [2.45, 2.75) is 20.0 Å². The van der Waals surface area contributed by atoms with Crippen LogP contribution in [0.25, 0.3) is 0 Å². The number of hydrogen-bond donors (Lipinski definition) is 0. The second-order valence-electron chi connectivity index (χ2n) is 5.44. The molecule has 1 aliphatic rings. The lowest BCUT2D eigenvalue weighted by Crippen LogP contribution is -2.46. The van der Waals surface area contributed by atoms with Gasteiger partial charge in [-0.05, 0) is 26.0 Å². The Kier molecular flexibility index (Phi) is 3.67. The second kappa shape index (κ2) is 5.64. The quantitative estimate of drug-likeness (QED) is 0.818. The number of rotatable bonds is 3. The van der Waals surface area contributed by atoms with Crippen molar-refractivity contribution in [3.63, 3.8) is 0 Å². The zero-order chi connectivity index (χ0) is 15.7. The summed E-state index contributed by atoms with van der Waals surface area (Å²) in [7, 11) is 0. The fourth-order valence-electron chi connectivity index (χ4n) is 2.50. The Morgan fingerprint density at radius 3 is 2.55 bits per heavy atom. The molecule has 0 unspecified atom stereocenters. The van der Waals surface area contributed by atoms with E-state index in [1.165, 1.54) is 4.90 Å². The molecule has 2 aromatic rings. The Balaban J connectivity index is 1.89. The van der Waals surface area contributed by atoms with Gasteiger partial charge in [-0.1, -0.05) is 42.0 Å². The van der Waals surface area contributed by atoms with Gasteiger partial charge in [0.1, 0.15) is 5.75 Å². The SMILES string of the molecule is Cc1ccc(C(=O)CN2C(=O)[C@@H](C)Oc3ccccc32)cc1. The molecule has 0 fully saturated rings. The Labute approximate surface area is 129 Å². The van der Waals surface area contributed by atoms with Crippen molar-refractivity contribution in [2.75, 3.05) is 11.4 Å². The summed E-state index contributed by atoms with van der Waals surface area (Å²) in [5.74, 6) is 0.350. The molecule has 0 aromatic heterocycles. The highest BCUT2D eigenvalue weighted by molar-refractivity contribution is 6.08. The van der Waals surface area contributed by atoms with E-state index in [0.717, 1.165) is 5.56 Å². The van der Waals surface area contributed by atoms with E-state index in [9.17, 15) is 9.59 Å². The van der Waals surface area contributed by atoms with Gasteiger partial charge in [0.15, 0.2) is 11.9 Å². The van der Waals surface area contributed by atoms with E-state index in [1.807, 2.05) is 37.3 Å². The number of ether oxygens (including phenoxy) is 1. The first-order chi connectivity index (χ1) is 10.6. The predicted octanol–water partition coefficient (Wildman–Crippen LogP) is 2.99. The maximum atomic E-state index is 12.5. The number of Topliss-reactive ketones (excluding diaryl/α,β-unsaturated/α-hetero) is 1. The molecule has 1 atom stereocenters. The summed E-state index contributed by atoms with van der Waals surface area (Å²) in [6.07, 6.45) is -0.583. The summed E-state index contributed by atoms with van der Waals surface area (Å²) in [5.41, 5.74) is 2.35. The normalized spacial score (nSPS) is 16.9. The third-order valence-electron chi connectivity index (χ3n) is 3.75. The van der Waals surface area contributed by atoms with E-state index in [0.29, 0.717) is 17.0 Å². The summed E-state index contributed by atoms with van der Waals surface area (Å²) >= 11 is 0. The highest BCUT2D eigenvalue weighted by atomic mass is 16.5. The van der Waals surface area contributed by atoms with E-state index < -0.39 is 6.10 Å². The molecule has 4 heteroatoms. The first kappa shape index (κ1) is 14.3. The van der Waals surface area contributed by atoms with Crippen molar-refractivity contribution in [1.29, 1.82) is 0 Å². The number of carbonyl (C=O) groups is 2. The van der Waals surface area contributed by atoms with Crippen LogP contribution in [0.2, 0.25) is 0 Å². The van der Waals surface area contributed by atoms with Gasteiger partial charge in [-0.25, -0.2) is 0 Å². The summed E-state index contributed by atoms with van der Waals surface area (Å²) in [6.45, 7) is 3.69. The van der Waals surface area contributed by atoms with Crippen LogP contribution in [0.1, 0.15) is 22.8 Å². The molecule has 0 aliphatic carbocycles. The van der Waals surface area contributed by atoms with Crippen LogP contribution in [0.15, 0.2) is 48.5 Å². The van der Waals surface area contributed by atoms with Crippen LogP contribution < -0.4 is 9.64 Å². The largest absolute Gasteiger partial charge is 0.479 e. The highest BCUT2D eigenvalue weighted by Crippen LogP contribution is 2.33. The standard InChI is InChI=1S/C18H17NO3/c1-12-7-9-14(10-8-12)16(20)11-19-15-5-3-4-6-17(15)22-13(2)18(19)21/h3-10,13H,11H2,1-2H3/t13-/m1/s1. The van der Waals surface area contributed by atoms with Gasteiger partial charge < -0.3 is 4.74 Å². The molecular formula is C18H17NO3. The number of benzene rings is 2. The molecule has 1 amide bonds. The number of fused-ring (bicyclic) bond motifs is 1. The van der Waals surface area contributed by atoms with Gasteiger partial charge in [0.05, 0.1) is 12.2 Å². The number of nitrogens with zero attached hydrogens (tertiary/aromatic N) is 1. The van der Waals surface area contributed by atoms with Crippen LogP contribution in [0.3, 0.4) is 0 Å². The first-order valence-corrected chi connectivity index (χ1v) is 7.23. The van der Waals surface area contributed by atoms with Crippen LogP contribution in [0.4, 0.5) is 5.69 Å². The van der Waals surface area contributed by atoms with Crippen LogP contribution in [-0.4, -0.2) is 24.3 Å². The Morgan fingerprint density at radius 1 is 1.14 bits per heavy atom. The number of anilines is 1. The van der Waals surface area contributed by atoms with Gasteiger partial charge in [0.25, 0.3) is 5.91 Å². The van der Waals surface area contributed by atoms with Gasteiger partial charge in [-0.3, -0.25) is 14.5 Å². The first-order valence-electron chi connectivity index (χ1n) is 7.23. The fraction of sp³-hybridized carbons (Fsp3) is 0.222. The predicted molar refractivity (Wildman–Crippen MR) is 84.4 cm³/mol. The monoisotopic (exact) mass is 295 g/mol. The number of carbonyl (C=O) groups excluding carboxylic acids is 2. The van der Waals surface area contributed by atoms with E-state index >= 15 is 0 Å². The zero-order valence-electron chi connectivity index (χ0n) is 12.6. The third-order valence-corrected chi connectivity index (χ3v) is 3.75. The van der Waals surface area contributed by atoms with Crippen molar-refractivity contribution in [2.24, 2.45) is 0 Å². The van der Waals surface area contributed by atoms with E-state index in [-0.39, 0.29) is 18.2 Å². The molecule has 0 radical (unpaired) electrons. The minimum Gasteiger partial charge on any atom is -0.479 e. The summed E-state index contributed by atoms with van der Waals surface area (Å²) < 4.78 is 5.57. The third kappa shape index (κ3) is 2.60. The molecule has 112 valence electrons. The summed E-state index contributed by atoms with van der Waals surface area (Å²) in [6, 6.07) is 14.6. The maximum Gasteiger partial charge on any atom is 0.268 e. The van der Waals surface area contributed by atoms with Crippen molar-refractivity contribution in [3.05, 3.63) is 59.7 Å². The number of hydrogen-bond acceptors (Lipinski definition) is 3. The highest BCUT2D eigenvalue weighted by Gasteiger charge is 2.32. The van der Waals surface area contributed by atoms with Gasteiger partial charge in [0, 0.05) is 5.56 Å². The number of aryl methyl sites for hydroxylation is 1. The van der Waals surface area contributed by atoms with Gasteiger partial charge in [0.2, 0.25) is 0 Å². The molecule has 22 heavy (non-hydrogen) atoms. The summed E-state index contributed by atoms with van der Waals surface area (Å²) in [4.78, 5) is 26.3. The molecule has 0 saturated heterocycles. The molecule has 4 nitrogen and oxygen atoms in total. The van der Waals surface area contributed by atoms with E-state index in [4.69, 9.17) is 4.74 Å². The summed E-state index contributed by atoms with van der Waals surface area (Å²) in [5, 5.41) is 0. The van der Waals surface area contributed by atoms with E-state index in [1.54, 1.807) is 25.1 Å². The Morgan fingerprint density at radius 2 is 1.82 bits per heavy atom. The molecule has 0 spiro atoms. The average Bonchev–Trinajstić information content (AvgIpc) is 2.52. The number of para-hydroxylation sites is 2. The zero-order valence-corrected chi connectivity index (χ0v) is 12.6. The van der Waals surface area contributed by atoms with Gasteiger partial charge in [-0.15, -0.1) is 0 Å². The lowest BCUT2D eigenvalue weighted by Gasteiger charge is -2.32. The average molecular weight is 295 g/mol. The second-order valence-corrected chi connectivity index (χ2v) is 5.44. The smallest absolute Gasteiger partial charge is 0.268 e. The van der Waals surface area contributed by atoms with Crippen LogP contribution in [0, 0.1) is 6.92 Å². The van der Waals surface area contributed by atoms with Crippen LogP contribution in [0.5, 0.6) is 5.75 Å². The van der Waals surface area contributed by atoms with Crippen molar-refractivity contribution < 1.29 is 14.3 Å². The Hall–Kier alpha value is -2.62. The number of ketones is 1. The lowest BCUT2D eigenvalue weighted by molar-refractivity contribution is -0.125. The molecule has 0 bridgehead atoms. The molecule has 1 aliphatic heterocycles. The minimum atomic E-state index is -0.583. The minimum absolute atomic E-state index is 0.0204. The topological polar surface area (TPSA) is 46.6 Å². The lowest BCUT2D eigenvalue weighted by atomic mass is 10.1. The van der Waals surface area contributed by atoms with Gasteiger partial charge >= 0.3 is 0 Å².